The smallest absolute Gasteiger partial charge is 0.251 e. The first kappa shape index (κ1) is 12.4. The molecule has 3 nitrogen and oxygen atoms in total. The number of carbonyl (C=O) groups excluding carboxylic acids is 1. The van der Waals surface area contributed by atoms with Crippen molar-refractivity contribution >= 4 is 12.0 Å². The summed E-state index contributed by atoms with van der Waals surface area (Å²) in [6, 6.07) is 6.57. The van der Waals surface area contributed by atoms with Gasteiger partial charge in [-0.05, 0) is 55.4 Å². The van der Waals surface area contributed by atoms with E-state index < -0.39 is 0 Å². The second kappa shape index (κ2) is 5.17. The van der Waals surface area contributed by atoms with Crippen molar-refractivity contribution in [3.05, 3.63) is 41.0 Å². The lowest BCUT2D eigenvalue weighted by atomic mass is 9.91. The Balaban J connectivity index is 1.64. The van der Waals surface area contributed by atoms with E-state index in [0.29, 0.717) is 12.1 Å². The summed E-state index contributed by atoms with van der Waals surface area (Å²) in [6.07, 6.45) is 9.21. The molecule has 1 fully saturated rings. The molecule has 0 atom stereocenters. The zero-order valence-electron chi connectivity index (χ0n) is 11.1. The maximum atomic E-state index is 12.2. The van der Waals surface area contributed by atoms with E-state index in [9.17, 15) is 4.79 Å². The summed E-state index contributed by atoms with van der Waals surface area (Å²) < 4.78 is 0. The fourth-order valence-electron chi connectivity index (χ4n) is 2.93. The second-order valence-corrected chi connectivity index (χ2v) is 5.61. The molecule has 0 heterocycles. The highest BCUT2D eigenvalue weighted by Crippen LogP contribution is 2.21. The van der Waals surface area contributed by atoms with Crippen LogP contribution in [0.2, 0.25) is 0 Å². The monoisotopic (exact) mass is 256 g/mol. The minimum Gasteiger partial charge on any atom is -0.349 e. The molecule has 3 N–H and O–H groups in total. The number of rotatable bonds is 2. The van der Waals surface area contributed by atoms with Gasteiger partial charge in [0.25, 0.3) is 5.91 Å². The molecule has 0 aromatic heterocycles. The van der Waals surface area contributed by atoms with Crippen LogP contribution >= 0.6 is 0 Å². The topological polar surface area (TPSA) is 55.1 Å². The molecule has 1 saturated carbocycles. The lowest BCUT2D eigenvalue weighted by molar-refractivity contribution is 0.0926. The molecule has 19 heavy (non-hydrogen) atoms. The molecule has 0 saturated heterocycles. The standard InChI is InChI=1S/C16H20N2O/c17-14-6-8-15(9-7-14)18-16(19)13-5-4-11-2-1-3-12(11)10-13/h1-2,4-5,10,14-15H,3,6-9,17H2,(H,18,19). The van der Waals surface area contributed by atoms with Gasteiger partial charge in [-0.25, -0.2) is 0 Å². The van der Waals surface area contributed by atoms with E-state index in [1.165, 1.54) is 11.1 Å². The lowest BCUT2D eigenvalue weighted by Crippen LogP contribution is -2.40. The number of hydrogen-bond donors (Lipinski definition) is 2. The Labute approximate surface area is 113 Å². The summed E-state index contributed by atoms with van der Waals surface area (Å²) in [5, 5.41) is 3.13. The Morgan fingerprint density at radius 3 is 2.79 bits per heavy atom. The maximum Gasteiger partial charge on any atom is 0.251 e. The molecule has 100 valence electrons. The van der Waals surface area contributed by atoms with Crippen molar-refractivity contribution in [1.82, 2.24) is 5.32 Å². The number of fused-ring (bicyclic) bond motifs is 1. The molecular formula is C16H20N2O. The van der Waals surface area contributed by atoms with Gasteiger partial charge in [0.1, 0.15) is 0 Å². The highest BCUT2D eigenvalue weighted by molar-refractivity contribution is 5.95. The molecule has 1 aromatic rings. The predicted molar refractivity (Wildman–Crippen MR) is 76.9 cm³/mol. The van der Waals surface area contributed by atoms with Crippen molar-refractivity contribution in [2.75, 3.05) is 0 Å². The quantitative estimate of drug-likeness (QED) is 0.852. The molecule has 3 rings (SSSR count). The molecule has 0 bridgehead atoms. The summed E-state index contributed by atoms with van der Waals surface area (Å²) in [5.74, 6) is 0.0511. The Morgan fingerprint density at radius 1 is 1.21 bits per heavy atom. The summed E-state index contributed by atoms with van der Waals surface area (Å²) >= 11 is 0. The van der Waals surface area contributed by atoms with Gasteiger partial charge in [0.2, 0.25) is 0 Å². The van der Waals surface area contributed by atoms with E-state index in [1.54, 1.807) is 0 Å². The zero-order chi connectivity index (χ0) is 13.2. The third-order valence-electron chi connectivity index (χ3n) is 4.15. The summed E-state index contributed by atoms with van der Waals surface area (Å²) in [7, 11) is 0. The van der Waals surface area contributed by atoms with E-state index in [1.807, 2.05) is 18.2 Å². The van der Waals surface area contributed by atoms with Gasteiger partial charge in [-0.3, -0.25) is 4.79 Å². The van der Waals surface area contributed by atoms with Crippen molar-refractivity contribution < 1.29 is 4.79 Å². The normalized spacial score (nSPS) is 25.1. The Morgan fingerprint density at radius 2 is 2.00 bits per heavy atom. The van der Waals surface area contributed by atoms with Crippen LogP contribution in [0.1, 0.15) is 47.2 Å². The molecule has 0 radical (unpaired) electrons. The number of hydrogen-bond acceptors (Lipinski definition) is 2. The molecule has 0 spiro atoms. The number of nitrogens with one attached hydrogen (secondary N) is 1. The fraction of sp³-hybridized carbons (Fsp3) is 0.438. The Bertz CT molecular complexity index is 513. The fourth-order valence-corrected chi connectivity index (χ4v) is 2.93. The summed E-state index contributed by atoms with van der Waals surface area (Å²) in [5.41, 5.74) is 9.14. The van der Waals surface area contributed by atoms with E-state index in [4.69, 9.17) is 5.73 Å². The molecule has 0 unspecified atom stereocenters. The van der Waals surface area contributed by atoms with E-state index in [2.05, 4.69) is 17.5 Å². The number of carbonyl (C=O) groups is 1. The van der Waals surface area contributed by atoms with Crippen LogP contribution < -0.4 is 11.1 Å². The number of allylic oxidation sites excluding steroid dienone is 1. The van der Waals surface area contributed by atoms with Gasteiger partial charge in [0.05, 0.1) is 0 Å². The lowest BCUT2D eigenvalue weighted by Gasteiger charge is -2.26. The minimum atomic E-state index is 0.0511. The van der Waals surface area contributed by atoms with Crippen molar-refractivity contribution in [3.63, 3.8) is 0 Å². The van der Waals surface area contributed by atoms with Gasteiger partial charge in [-0.2, -0.15) is 0 Å². The van der Waals surface area contributed by atoms with E-state index >= 15 is 0 Å². The van der Waals surface area contributed by atoms with Crippen LogP contribution in [0.25, 0.3) is 6.08 Å². The van der Waals surface area contributed by atoms with Crippen molar-refractivity contribution in [1.29, 1.82) is 0 Å². The van der Waals surface area contributed by atoms with Gasteiger partial charge in [0, 0.05) is 17.6 Å². The molecule has 3 heteroatoms. The molecular weight excluding hydrogens is 236 g/mol. The van der Waals surface area contributed by atoms with Gasteiger partial charge >= 0.3 is 0 Å². The maximum absolute atomic E-state index is 12.2. The van der Waals surface area contributed by atoms with Gasteiger partial charge in [0.15, 0.2) is 0 Å². The van der Waals surface area contributed by atoms with Gasteiger partial charge in [-0.1, -0.05) is 18.2 Å². The Hall–Kier alpha value is -1.61. The predicted octanol–water partition coefficient (Wildman–Crippen LogP) is 2.26. The highest BCUT2D eigenvalue weighted by atomic mass is 16.1. The van der Waals surface area contributed by atoms with Crippen molar-refractivity contribution in [2.45, 2.75) is 44.2 Å². The van der Waals surface area contributed by atoms with Crippen LogP contribution in [0.4, 0.5) is 0 Å². The highest BCUT2D eigenvalue weighted by Gasteiger charge is 2.20. The van der Waals surface area contributed by atoms with E-state index in [-0.39, 0.29) is 5.91 Å². The second-order valence-electron chi connectivity index (χ2n) is 5.61. The average Bonchev–Trinajstić information content (AvgIpc) is 2.88. The summed E-state index contributed by atoms with van der Waals surface area (Å²) in [6.45, 7) is 0. The third-order valence-corrected chi connectivity index (χ3v) is 4.15. The number of benzene rings is 1. The molecule has 1 aromatic carbocycles. The molecule has 1 amide bonds. The first-order chi connectivity index (χ1) is 9.22. The Kier molecular flexibility index (Phi) is 3.38. The number of nitrogens with two attached hydrogens (primary N) is 1. The van der Waals surface area contributed by atoms with Crippen LogP contribution in [-0.2, 0) is 6.42 Å². The van der Waals surface area contributed by atoms with Gasteiger partial charge in [-0.15, -0.1) is 0 Å². The molecule has 0 aliphatic heterocycles. The summed E-state index contributed by atoms with van der Waals surface area (Å²) in [4.78, 5) is 12.2. The van der Waals surface area contributed by atoms with Crippen LogP contribution in [-0.4, -0.2) is 18.0 Å². The first-order valence-electron chi connectivity index (χ1n) is 7.08. The van der Waals surface area contributed by atoms with Gasteiger partial charge < -0.3 is 11.1 Å². The molecule has 2 aliphatic rings. The average molecular weight is 256 g/mol. The van der Waals surface area contributed by atoms with Crippen molar-refractivity contribution in [3.8, 4) is 0 Å². The largest absolute Gasteiger partial charge is 0.349 e. The number of amides is 1. The molecule has 2 aliphatic carbocycles. The minimum absolute atomic E-state index is 0.0511. The van der Waals surface area contributed by atoms with Crippen molar-refractivity contribution in [2.24, 2.45) is 5.73 Å². The van der Waals surface area contributed by atoms with Crippen LogP contribution in [0.15, 0.2) is 24.3 Å². The SMILES string of the molecule is NC1CCC(NC(=O)c2ccc3c(c2)CC=C3)CC1. The van der Waals surface area contributed by atoms with Crippen LogP contribution in [0.3, 0.4) is 0 Å². The first-order valence-corrected chi connectivity index (χ1v) is 7.08. The third kappa shape index (κ3) is 2.71. The van der Waals surface area contributed by atoms with Crippen LogP contribution in [0.5, 0.6) is 0 Å². The van der Waals surface area contributed by atoms with E-state index in [0.717, 1.165) is 37.7 Å². The van der Waals surface area contributed by atoms with Crippen LogP contribution in [0, 0.1) is 0 Å². The zero-order valence-corrected chi connectivity index (χ0v) is 11.1.